The van der Waals surface area contributed by atoms with E-state index in [-0.39, 0.29) is 5.75 Å². The maximum Gasteiger partial charge on any atom is 0.248 e. The molecular weight excluding hydrogens is 280 g/mol. The molecule has 1 amide bonds. The van der Waals surface area contributed by atoms with Gasteiger partial charge in [0.2, 0.25) is 5.91 Å². The summed E-state index contributed by atoms with van der Waals surface area (Å²) in [4.78, 5) is 24.2. The molecule has 3 N–H and O–H groups in total. The van der Waals surface area contributed by atoms with Crippen molar-refractivity contribution >= 4 is 17.9 Å². The van der Waals surface area contributed by atoms with Crippen LogP contribution in [-0.2, 0) is 13.0 Å². The van der Waals surface area contributed by atoms with E-state index >= 15 is 0 Å². The quantitative estimate of drug-likeness (QED) is 0.847. The van der Waals surface area contributed by atoms with Crippen molar-refractivity contribution in [3.8, 4) is 5.75 Å². The summed E-state index contributed by atoms with van der Waals surface area (Å²) in [6, 6.07) is 10.6. The summed E-state index contributed by atoms with van der Waals surface area (Å²) < 4.78 is 0. The normalized spacial score (nSPS) is 13.5. The van der Waals surface area contributed by atoms with E-state index in [2.05, 4.69) is 4.90 Å². The maximum absolute atomic E-state index is 11.1. The number of hydrogen-bond donors (Lipinski definition) is 2. The molecule has 22 heavy (non-hydrogen) atoms. The lowest BCUT2D eigenvalue weighted by Crippen LogP contribution is -2.30. The van der Waals surface area contributed by atoms with E-state index in [4.69, 9.17) is 5.73 Å². The third-order valence-corrected chi connectivity index (χ3v) is 4.01. The van der Waals surface area contributed by atoms with Crippen molar-refractivity contribution in [2.75, 3.05) is 11.4 Å². The van der Waals surface area contributed by atoms with Crippen LogP contribution in [0, 0.1) is 0 Å². The van der Waals surface area contributed by atoms with Gasteiger partial charge in [0.25, 0.3) is 0 Å². The number of carbonyl (C=O) groups excluding carboxylic acids is 2. The van der Waals surface area contributed by atoms with Gasteiger partial charge in [0, 0.05) is 24.3 Å². The maximum atomic E-state index is 11.1. The number of hydrogen-bond acceptors (Lipinski definition) is 4. The summed E-state index contributed by atoms with van der Waals surface area (Å²) in [6.07, 6.45) is 1.45. The zero-order chi connectivity index (χ0) is 15.7. The Hall–Kier alpha value is -2.82. The van der Waals surface area contributed by atoms with Gasteiger partial charge >= 0.3 is 0 Å². The molecule has 5 heteroatoms. The first-order valence-electron chi connectivity index (χ1n) is 7.03. The van der Waals surface area contributed by atoms with E-state index in [1.807, 2.05) is 12.1 Å². The van der Waals surface area contributed by atoms with Gasteiger partial charge in [-0.1, -0.05) is 0 Å². The topological polar surface area (TPSA) is 83.6 Å². The third-order valence-electron chi connectivity index (χ3n) is 4.01. The highest BCUT2D eigenvalue weighted by Gasteiger charge is 2.19. The van der Waals surface area contributed by atoms with E-state index in [9.17, 15) is 14.7 Å². The minimum atomic E-state index is -0.443. The van der Waals surface area contributed by atoms with Gasteiger partial charge in [0.1, 0.15) is 5.75 Å². The summed E-state index contributed by atoms with van der Waals surface area (Å²) in [6.45, 7) is 1.47. The minimum Gasteiger partial charge on any atom is -0.507 e. The van der Waals surface area contributed by atoms with Crippen LogP contribution in [0.15, 0.2) is 36.4 Å². The molecule has 0 bridgehead atoms. The Bertz CT molecular complexity index is 738. The van der Waals surface area contributed by atoms with Gasteiger partial charge < -0.3 is 15.7 Å². The van der Waals surface area contributed by atoms with Crippen LogP contribution in [0.25, 0.3) is 0 Å². The van der Waals surface area contributed by atoms with Crippen molar-refractivity contribution in [2.24, 2.45) is 5.73 Å². The molecule has 0 saturated carbocycles. The molecule has 0 radical (unpaired) electrons. The molecule has 0 aromatic heterocycles. The molecule has 2 aromatic rings. The summed E-state index contributed by atoms with van der Waals surface area (Å²) in [7, 11) is 0. The van der Waals surface area contributed by atoms with Gasteiger partial charge in [0.15, 0.2) is 6.29 Å². The molecule has 2 aromatic carbocycles. The van der Waals surface area contributed by atoms with Crippen molar-refractivity contribution in [2.45, 2.75) is 13.0 Å². The lowest BCUT2D eigenvalue weighted by Gasteiger charge is -2.31. The van der Waals surface area contributed by atoms with Crippen LogP contribution < -0.4 is 10.6 Å². The number of phenols is 1. The van der Waals surface area contributed by atoms with Gasteiger partial charge in [-0.05, 0) is 53.9 Å². The van der Waals surface area contributed by atoms with Crippen molar-refractivity contribution < 1.29 is 14.7 Å². The Morgan fingerprint density at radius 3 is 2.55 bits per heavy atom. The van der Waals surface area contributed by atoms with Gasteiger partial charge in [0.05, 0.1) is 5.56 Å². The standard InChI is InChI=1S/C17H16N2O3/c18-17(22)11-1-3-15(4-2-11)19-6-5-12-8-16(21)14(10-20)7-13(12)9-19/h1-4,7-8,10,21H,5-6,9H2,(H2,18,22). The number of rotatable bonds is 3. The monoisotopic (exact) mass is 296 g/mol. The highest BCUT2D eigenvalue weighted by Crippen LogP contribution is 2.29. The van der Waals surface area contributed by atoms with Crippen LogP contribution in [0.2, 0.25) is 0 Å². The third kappa shape index (κ3) is 2.53. The summed E-state index contributed by atoms with van der Waals surface area (Å²) in [5.41, 5.74) is 9.13. The first-order chi connectivity index (χ1) is 10.6. The zero-order valence-electron chi connectivity index (χ0n) is 12.0. The SMILES string of the molecule is NC(=O)c1ccc(N2CCc3cc(O)c(C=O)cc3C2)cc1. The molecule has 112 valence electrons. The molecule has 3 rings (SSSR count). The second kappa shape index (κ2) is 5.52. The van der Waals surface area contributed by atoms with Crippen LogP contribution in [0.3, 0.4) is 0 Å². The molecular formula is C17H16N2O3. The average molecular weight is 296 g/mol. The van der Waals surface area contributed by atoms with E-state index in [1.165, 1.54) is 0 Å². The number of amides is 1. The number of fused-ring (bicyclic) bond motifs is 1. The molecule has 0 saturated heterocycles. The van der Waals surface area contributed by atoms with Gasteiger partial charge in [-0.25, -0.2) is 0 Å². The van der Waals surface area contributed by atoms with Crippen molar-refractivity contribution in [3.63, 3.8) is 0 Å². The Morgan fingerprint density at radius 1 is 1.18 bits per heavy atom. The van der Waals surface area contributed by atoms with E-state index in [0.29, 0.717) is 24.0 Å². The number of nitrogens with two attached hydrogens (primary N) is 1. The Labute approximate surface area is 128 Å². The van der Waals surface area contributed by atoms with Gasteiger partial charge in [-0.15, -0.1) is 0 Å². The van der Waals surface area contributed by atoms with Gasteiger partial charge in [-0.3, -0.25) is 9.59 Å². The zero-order valence-corrected chi connectivity index (χ0v) is 12.0. The Balaban J connectivity index is 1.87. The molecule has 1 heterocycles. The first kappa shape index (κ1) is 14.1. The van der Waals surface area contributed by atoms with E-state index < -0.39 is 5.91 Å². The van der Waals surface area contributed by atoms with Crippen LogP contribution in [0.5, 0.6) is 5.75 Å². The van der Waals surface area contributed by atoms with Crippen LogP contribution in [0.4, 0.5) is 5.69 Å². The molecule has 5 nitrogen and oxygen atoms in total. The van der Waals surface area contributed by atoms with E-state index in [1.54, 1.807) is 24.3 Å². The molecule has 0 spiro atoms. The van der Waals surface area contributed by atoms with Crippen molar-refractivity contribution in [1.82, 2.24) is 0 Å². The number of carbonyl (C=O) groups is 2. The van der Waals surface area contributed by atoms with Crippen LogP contribution in [0.1, 0.15) is 31.8 Å². The largest absolute Gasteiger partial charge is 0.507 e. The van der Waals surface area contributed by atoms with Crippen molar-refractivity contribution in [3.05, 3.63) is 58.7 Å². The minimum absolute atomic E-state index is 0.0352. The summed E-state index contributed by atoms with van der Waals surface area (Å²) in [5.74, 6) is -0.408. The summed E-state index contributed by atoms with van der Waals surface area (Å²) in [5, 5.41) is 9.74. The van der Waals surface area contributed by atoms with Crippen LogP contribution in [-0.4, -0.2) is 23.8 Å². The average Bonchev–Trinajstić information content (AvgIpc) is 2.54. The lowest BCUT2D eigenvalue weighted by atomic mass is 9.96. The number of benzene rings is 2. The van der Waals surface area contributed by atoms with Crippen LogP contribution >= 0.6 is 0 Å². The van der Waals surface area contributed by atoms with E-state index in [0.717, 1.165) is 29.8 Å². The van der Waals surface area contributed by atoms with Crippen molar-refractivity contribution in [1.29, 1.82) is 0 Å². The first-order valence-corrected chi connectivity index (χ1v) is 7.03. The fourth-order valence-corrected chi connectivity index (χ4v) is 2.77. The smallest absolute Gasteiger partial charge is 0.248 e. The number of aldehydes is 1. The number of phenolic OH excluding ortho intramolecular Hbond substituents is 1. The highest BCUT2D eigenvalue weighted by molar-refractivity contribution is 5.93. The Kier molecular flexibility index (Phi) is 3.55. The molecule has 0 unspecified atom stereocenters. The number of nitrogens with zero attached hydrogens (tertiary/aromatic N) is 1. The summed E-state index contributed by atoms with van der Waals surface area (Å²) >= 11 is 0. The lowest BCUT2D eigenvalue weighted by molar-refractivity contribution is 0.0999. The Morgan fingerprint density at radius 2 is 1.91 bits per heavy atom. The molecule has 1 aliphatic rings. The predicted molar refractivity (Wildman–Crippen MR) is 83.2 cm³/mol. The molecule has 0 aliphatic carbocycles. The second-order valence-corrected chi connectivity index (χ2v) is 5.38. The second-order valence-electron chi connectivity index (χ2n) is 5.38. The molecule has 1 aliphatic heterocycles. The molecule has 0 fully saturated rings. The number of aromatic hydroxyl groups is 1. The predicted octanol–water partition coefficient (Wildman–Crippen LogP) is 1.87. The fourth-order valence-electron chi connectivity index (χ4n) is 2.77. The van der Waals surface area contributed by atoms with Gasteiger partial charge in [-0.2, -0.15) is 0 Å². The molecule has 0 atom stereocenters. The number of anilines is 1. The highest BCUT2D eigenvalue weighted by atomic mass is 16.3. The fraction of sp³-hybridized carbons (Fsp3) is 0.176. The number of primary amides is 1.